The van der Waals surface area contributed by atoms with E-state index < -0.39 is 0 Å². The van der Waals surface area contributed by atoms with E-state index in [4.69, 9.17) is 0 Å². The Morgan fingerprint density at radius 3 is 2.14 bits per heavy atom. The van der Waals surface area contributed by atoms with Crippen LogP contribution in [0.15, 0.2) is 12.2 Å². The number of ketones is 2. The molecule has 5 nitrogen and oxygen atoms in total. The first kappa shape index (κ1) is 18.3. The lowest BCUT2D eigenvalue weighted by Gasteiger charge is -2.16. The zero-order valence-electron chi connectivity index (χ0n) is 13.6. The predicted octanol–water partition coefficient (Wildman–Crippen LogP) is 2.29. The average Bonchev–Trinajstić information content (AvgIpc) is 2.75. The highest BCUT2D eigenvalue weighted by molar-refractivity contribution is 6.12. The zero-order valence-corrected chi connectivity index (χ0v) is 13.6. The molecule has 0 unspecified atom stereocenters. The van der Waals surface area contributed by atoms with Crippen molar-refractivity contribution in [2.75, 3.05) is 6.54 Å². The summed E-state index contributed by atoms with van der Waals surface area (Å²) in [7, 11) is 0. The number of hydrogen-bond acceptors (Lipinski definition) is 4. The molecular formula is C17H25NO4. The minimum Gasteiger partial charge on any atom is -0.300 e. The van der Waals surface area contributed by atoms with E-state index in [1.165, 1.54) is 24.0 Å². The average molecular weight is 307 g/mol. The molecule has 22 heavy (non-hydrogen) atoms. The van der Waals surface area contributed by atoms with Crippen molar-refractivity contribution in [2.45, 2.75) is 52.9 Å². The summed E-state index contributed by atoms with van der Waals surface area (Å²) in [6.45, 7) is 5.85. The monoisotopic (exact) mass is 307 g/mol. The summed E-state index contributed by atoms with van der Waals surface area (Å²) in [4.78, 5) is 47.3. The Morgan fingerprint density at radius 2 is 1.64 bits per heavy atom. The molecule has 122 valence electrons. The van der Waals surface area contributed by atoms with Crippen LogP contribution < -0.4 is 0 Å². The van der Waals surface area contributed by atoms with Gasteiger partial charge >= 0.3 is 0 Å². The van der Waals surface area contributed by atoms with Crippen molar-refractivity contribution >= 4 is 23.4 Å². The second kappa shape index (κ2) is 8.61. The summed E-state index contributed by atoms with van der Waals surface area (Å²) in [5.74, 6) is -0.338. The fraction of sp³-hybridized carbons (Fsp3) is 0.647. The number of unbranched alkanes of at least 4 members (excludes halogenated alkanes) is 2. The van der Waals surface area contributed by atoms with Gasteiger partial charge in [0.15, 0.2) is 0 Å². The molecule has 0 N–H and O–H groups in total. The third kappa shape index (κ3) is 5.54. The Balaban J connectivity index is 2.19. The predicted molar refractivity (Wildman–Crippen MR) is 83.0 cm³/mol. The lowest BCUT2D eigenvalue weighted by atomic mass is 9.86. The number of carbonyl (C=O) groups is 4. The van der Waals surface area contributed by atoms with Gasteiger partial charge in [-0.25, -0.2) is 0 Å². The number of amides is 2. The van der Waals surface area contributed by atoms with Crippen LogP contribution in [0.3, 0.4) is 0 Å². The topological polar surface area (TPSA) is 71.5 Å². The van der Waals surface area contributed by atoms with Crippen molar-refractivity contribution in [3.05, 3.63) is 12.2 Å². The van der Waals surface area contributed by atoms with E-state index >= 15 is 0 Å². The highest BCUT2D eigenvalue weighted by Gasteiger charge is 2.23. The molecule has 0 saturated carbocycles. The quantitative estimate of drug-likeness (QED) is 0.458. The molecular weight excluding hydrogens is 282 g/mol. The Kier molecular flexibility index (Phi) is 7.15. The highest BCUT2D eigenvalue weighted by Crippen LogP contribution is 2.18. The number of rotatable bonds is 10. The fourth-order valence-electron chi connectivity index (χ4n) is 2.62. The molecule has 5 heteroatoms. The van der Waals surface area contributed by atoms with Crippen LogP contribution in [0.4, 0.5) is 0 Å². The number of carbonyl (C=O) groups excluding carboxylic acids is 4. The summed E-state index contributed by atoms with van der Waals surface area (Å²) < 4.78 is 0. The number of Topliss-reactive ketones (excluding diaryl/α,β-unsaturated/α-hetero) is 2. The van der Waals surface area contributed by atoms with Crippen LogP contribution in [0.25, 0.3) is 0 Å². The molecule has 0 fully saturated rings. The number of hydrogen-bond donors (Lipinski definition) is 0. The number of nitrogens with zero attached hydrogens (tertiary/aromatic N) is 1. The first-order valence-electron chi connectivity index (χ1n) is 7.88. The van der Waals surface area contributed by atoms with Gasteiger partial charge in [0.2, 0.25) is 0 Å². The van der Waals surface area contributed by atoms with Crippen molar-refractivity contribution in [2.24, 2.45) is 11.8 Å². The highest BCUT2D eigenvalue weighted by atomic mass is 16.2. The molecule has 0 spiro atoms. The maximum absolute atomic E-state index is 11.9. The van der Waals surface area contributed by atoms with Crippen LogP contribution in [0.2, 0.25) is 0 Å². The molecule has 0 aliphatic carbocycles. The molecule has 1 rings (SSSR count). The van der Waals surface area contributed by atoms with E-state index in [2.05, 4.69) is 0 Å². The lowest BCUT2D eigenvalue weighted by Crippen LogP contribution is -2.30. The van der Waals surface area contributed by atoms with Gasteiger partial charge in [0.25, 0.3) is 11.8 Å². The van der Waals surface area contributed by atoms with Gasteiger partial charge in [0.1, 0.15) is 11.6 Å². The SMILES string of the molecule is CC(=O)[C@@H](CC(=O)CCCCCN1C(=O)C=CC1=O)C(C)C. The van der Waals surface area contributed by atoms with Crippen molar-refractivity contribution in [3.8, 4) is 0 Å². The van der Waals surface area contributed by atoms with Gasteiger partial charge in [-0.2, -0.15) is 0 Å². The molecule has 0 bridgehead atoms. The van der Waals surface area contributed by atoms with E-state index in [-0.39, 0.29) is 35.2 Å². The van der Waals surface area contributed by atoms with E-state index in [0.29, 0.717) is 25.8 Å². The minimum atomic E-state index is -0.262. The Bertz CT molecular complexity index is 461. The van der Waals surface area contributed by atoms with Crippen molar-refractivity contribution in [3.63, 3.8) is 0 Å². The van der Waals surface area contributed by atoms with E-state index in [1.807, 2.05) is 13.8 Å². The minimum absolute atomic E-state index is 0.0712. The Labute approximate surface area is 131 Å². The van der Waals surface area contributed by atoms with Crippen LogP contribution >= 0.6 is 0 Å². The zero-order chi connectivity index (χ0) is 16.7. The van der Waals surface area contributed by atoms with Gasteiger partial charge in [-0.05, 0) is 25.7 Å². The summed E-state index contributed by atoms with van der Waals surface area (Å²) in [6, 6.07) is 0. The van der Waals surface area contributed by atoms with E-state index in [9.17, 15) is 19.2 Å². The van der Waals surface area contributed by atoms with Crippen LogP contribution in [0.5, 0.6) is 0 Å². The molecule has 2 amide bonds. The molecule has 1 atom stereocenters. The molecule has 0 aromatic heterocycles. The van der Waals surface area contributed by atoms with Crippen LogP contribution in [-0.2, 0) is 19.2 Å². The molecule has 1 aliphatic heterocycles. The van der Waals surface area contributed by atoms with E-state index in [0.717, 1.165) is 12.8 Å². The standard InChI is InChI=1S/C17H25NO4/c1-12(2)15(13(3)19)11-14(20)7-5-4-6-10-18-16(21)8-9-17(18)22/h8-9,12,15H,4-7,10-11H2,1-3H3/t15-/m0/s1. The van der Waals surface area contributed by atoms with Gasteiger partial charge in [-0.15, -0.1) is 0 Å². The summed E-state index contributed by atoms with van der Waals surface area (Å²) in [6.07, 6.45) is 5.54. The summed E-state index contributed by atoms with van der Waals surface area (Å²) in [5.41, 5.74) is 0. The maximum atomic E-state index is 11.9. The lowest BCUT2D eigenvalue weighted by molar-refractivity contribution is -0.137. The Hall–Kier alpha value is -1.78. The molecule has 0 aromatic carbocycles. The van der Waals surface area contributed by atoms with Gasteiger partial charge in [-0.3, -0.25) is 24.1 Å². The van der Waals surface area contributed by atoms with Crippen LogP contribution in [0.1, 0.15) is 52.9 Å². The van der Waals surface area contributed by atoms with Crippen molar-refractivity contribution in [1.82, 2.24) is 4.90 Å². The van der Waals surface area contributed by atoms with Crippen LogP contribution in [-0.4, -0.2) is 34.8 Å². The molecule has 0 saturated heterocycles. The second-order valence-corrected chi connectivity index (χ2v) is 6.18. The third-order valence-corrected chi connectivity index (χ3v) is 4.01. The van der Waals surface area contributed by atoms with Crippen LogP contribution in [0, 0.1) is 11.8 Å². The van der Waals surface area contributed by atoms with Gasteiger partial charge in [0.05, 0.1) is 0 Å². The first-order chi connectivity index (χ1) is 10.3. The van der Waals surface area contributed by atoms with Crippen molar-refractivity contribution in [1.29, 1.82) is 0 Å². The van der Waals surface area contributed by atoms with Gasteiger partial charge < -0.3 is 0 Å². The largest absolute Gasteiger partial charge is 0.300 e. The number of imide groups is 1. The van der Waals surface area contributed by atoms with Gasteiger partial charge in [-0.1, -0.05) is 20.3 Å². The molecule has 0 radical (unpaired) electrons. The third-order valence-electron chi connectivity index (χ3n) is 4.01. The molecule has 1 aliphatic rings. The summed E-state index contributed by atoms with van der Waals surface area (Å²) >= 11 is 0. The first-order valence-corrected chi connectivity index (χ1v) is 7.88. The molecule has 0 aromatic rings. The van der Waals surface area contributed by atoms with Crippen molar-refractivity contribution < 1.29 is 19.2 Å². The Morgan fingerprint density at radius 1 is 1.05 bits per heavy atom. The fourth-order valence-corrected chi connectivity index (χ4v) is 2.62. The van der Waals surface area contributed by atoms with Gasteiger partial charge in [0, 0.05) is 37.5 Å². The summed E-state index contributed by atoms with van der Waals surface area (Å²) in [5, 5.41) is 0. The normalized spacial score (nSPS) is 15.7. The maximum Gasteiger partial charge on any atom is 0.253 e. The molecule has 1 heterocycles. The smallest absolute Gasteiger partial charge is 0.253 e. The second-order valence-electron chi connectivity index (χ2n) is 6.18. The van der Waals surface area contributed by atoms with E-state index in [1.54, 1.807) is 0 Å².